The van der Waals surface area contributed by atoms with Crippen LogP contribution in [-0.2, 0) is 0 Å². The number of methoxy groups -OCH3 is 3. The van der Waals surface area contributed by atoms with Gasteiger partial charge in [-0.05, 0) is 12.1 Å². The smallest absolute Gasteiger partial charge is 0.203 e. The van der Waals surface area contributed by atoms with Crippen molar-refractivity contribution in [2.45, 2.75) is 0 Å². The van der Waals surface area contributed by atoms with Crippen LogP contribution < -0.4 is 14.2 Å². The van der Waals surface area contributed by atoms with Gasteiger partial charge in [0.2, 0.25) is 5.75 Å². The van der Waals surface area contributed by atoms with E-state index in [9.17, 15) is 4.79 Å². The van der Waals surface area contributed by atoms with E-state index in [0.29, 0.717) is 45.2 Å². The molecule has 0 aliphatic rings. The average molecular weight is 389 g/mol. The molecule has 2 heterocycles. The van der Waals surface area contributed by atoms with Crippen LogP contribution in [0.25, 0.3) is 22.4 Å². The number of carbonyl (C=O) groups is 1. The van der Waals surface area contributed by atoms with Crippen LogP contribution in [0.4, 0.5) is 0 Å². The van der Waals surface area contributed by atoms with Crippen molar-refractivity contribution in [2.75, 3.05) is 21.3 Å². The van der Waals surface area contributed by atoms with Gasteiger partial charge in [0.1, 0.15) is 5.52 Å². The van der Waals surface area contributed by atoms with Gasteiger partial charge in [-0.25, -0.2) is 9.97 Å². The molecule has 2 aromatic heterocycles. The van der Waals surface area contributed by atoms with Crippen LogP contribution in [0.1, 0.15) is 15.9 Å². The van der Waals surface area contributed by atoms with Gasteiger partial charge in [0, 0.05) is 17.3 Å². The first-order chi connectivity index (χ1) is 14.2. The first-order valence-corrected chi connectivity index (χ1v) is 8.90. The van der Waals surface area contributed by atoms with Crippen LogP contribution in [0.2, 0.25) is 0 Å². The first-order valence-electron chi connectivity index (χ1n) is 8.90. The minimum atomic E-state index is -0.117. The van der Waals surface area contributed by atoms with E-state index in [0.717, 1.165) is 5.56 Å². The predicted octanol–water partition coefficient (Wildman–Crippen LogP) is 3.88. The highest BCUT2D eigenvalue weighted by molar-refractivity contribution is 6.15. The summed E-state index contributed by atoms with van der Waals surface area (Å²) >= 11 is 0. The number of aromatic nitrogens is 3. The lowest BCUT2D eigenvalue weighted by molar-refractivity contribution is 0.104. The lowest BCUT2D eigenvalue weighted by Gasteiger charge is -2.13. The SMILES string of the molecule is COc1cc(-c2cnc3[nH]cc(C(=O)c4ccccc4)c3n2)cc(OC)c1OC. The molecular weight excluding hydrogens is 370 g/mol. The van der Waals surface area contributed by atoms with Crippen LogP contribution >= 0.6 is 0 Å². The van der Waals surface area contributed by atoms with E-state index < -0.39 is 0 Å². The second-order valence-electron chi connectivity index (χ2n) is 6.26. The highest BCUT2D eigenvalue weighted by atomic mass is 16.5. The number of hydrogen-bond acceptors (Lipinski definition) is 6. The summed E-state index contributed by atoms with van der Waals surface area (Å²) in [7, 11) is 4.66. The van der Waals surface area contributed by atoms with Crippen molar-refractivity contribution < 1.29 is 19.0 Å². The maximum absolute atomic E-state index is 12.9. The van der Waals surface area contributed by atoms with Crippen molar-refractivity contribution in [1.29, 1.82) is 0 Å². The molecule has 1 N–H and O–H groups in total. The fourth-order valence-corrected chi connectivity index (χ4v) is 3.18. The van der Waals surface area contributed by atoms with Gasteiger partial charge in [0.25, 0.3) is 0 Å². The van der Waals surface area contributed by atoms with Crippen molar-refractivity contribution in [3.63, 3.8) is 0 Å². The van der Waals surface area contributed by atoms with Gasteiger partial charge in [-0.15, -0.1) is 0 Å². The predicted molar refractivity (Wildman–Crippen MR) is 109 cm³/mol. The minimum Gasteiger partial charge on any atom is -0.493 e. The highest BCUT2D eigenvalue weighted by Crippen LogP contribution is 2.40. The Morgan fingerprint density at radius 2 is 1.66 bits per heavy atom. The van der Waals surface area contributed by atoms with Gasteiger partial charge in [0.15, 0.2) is 22.9 Å². The van der Waals surface area contributed by atoms with Crippen molar-refractivity contribution >= 4 is 16.9 Å². The van der Waals surface area contributed by atoms with E-state index in [1.807, 2.05) is 18.2 Å². The van der Waals surface area contributed by atoms with Gasteiger partial charge in [-0.1, -0.05) is 30.3 Å². The number of ether oxygens (including phenoxy) is 3. The maximum atomic E-state index is 12.9. The second kappa shape index (κ2) is 7.63. The normalized spacial score (nSPS) is 10.7. The molecule has 0 unspecified atom stereocenters. The number of ketones is 1. The topological polar surface area (TPSA) is 86.3 Å². The number of carbonyl (C=O) groups excluding carboxylic acids is 1. The Hall–Kier alpha value is -3.87. The molecule has 0 aliphatic heterocycles. The van der Waals surface area contributed by atoms with Gasteiger partial charge in [0.05, 0.1) is 38.8 Å². The number of nitrogens with zero attached hydrogens (tertiary/aromatic N) is 2. The number of fused-ring (bicyclic) bond motifs is 1. The van der Waals surface area contributed by atoms with E-state index in [1.54, 1.807) is 58.0 Å². The standard InChI is InChI=1S/C22H19N3O4/c1-27-17-9-14(10-18(28-2)21(17)29-3)16-12-24-22-19(25-16)15(11-23-22)20(26)13-7-5-4-6-8-13/h4-12H,1-3H3,(H,23,24). The molecule has 146 valence electrons. The van der Waals surface area contributed by atoms with E-state index >= 15 is 0 Å². The first kappa shape index (κ1) is 18.5. The van der Waals surface area contributed by atoms with Crippen molar-refractivity contribution in [2.24, 2.45) is 0 Å². The van der Waals surface area contributed by atoms with Crippen molar-refractivity contribution in [3.05, 3.63) is 66.0 Å². The van der Waals surface area contributed by atoms with Crippen molar-refractivity contribution in [1.82, 2.24) is 15.0 Å². The average Bonchev–Trinajstić information content (AvgIpc) is 3.21. The Labute approximate surface area is 167 Å². The third-order valence-corrected chi connectivity index (χ3v) is 4.62. The van der Waals surface area contributed by atoms with E-state index in [2.05, 4.69) is 9.97 Å². The molecule has 0 amide bonds. The number of rotatable bonds is 6. The molecule has 0 bridgehead atoms. The number of benzene rings is 2. The zero-order valence-electron chi connectivity index (χ0n) is 16.2. The molecule has 7 nitrogen and oxygen atoms in total. The third kappa shape index (κ3) is 3.27. The summed E-state index contributed by atoms with van der Waals surface area (Å²) < 4.78 is 16.2. The Morgan fingerprint density at radius 1 is 0.966 bits per heavy atom. The van der Waals surface area contributed by atoms with Crippen LogP contribution in [0, 0.1) is 0 Å². The quantitative estimate of drug-likeness (QED) is 0.504. The van der Waals surface area contributed by atoms with Gasteiger partial charge in [-0.3, -0.25) is 4.79 Å². The lowest BCUT2D eigenvalue weighted by Crippen LogP contribution is -2.01. The molecule has 0 fully saturated rings. The summed E-state index contributed by atoms with van der Waals surface area (Å²) in [6, 6.07) is 12.7. The summed E-state index contributed by atoms with van der Waals surface area (Å²) in [5.41, 5.74) is 3.42. The molecule has 0 radical (unpaired) electrons. The van der Waals surface area contributed by atoms with Gasteiger partial charge in [-0.2, -0.15) is 0 Å². The zero-order chi connectivity index (χ0) is 20.4. The van der Waals surface area contributed by atoms with Gasteiger partial charge >= 0.3 is 0 Å². The monoisotopic (exact) mass is 389 g/mol. The Morgan fingerprint density at radius 3 is 2.28 bits per heavy atom. The summed E-state index contributed by atoms with van der Waals surface area (Å²) in [5, 5.41) is 0. The van der Waals surface area contributed by atoms with E-state index in [1.165, 1.54) is 0 Å². The number of nitrogens with one attached hydrogen (secondary N) is 1. The molecule has 0 spiro atoms. The summed E-state index contributed by atoms with van der Waals surface area (Å²) in [6.07, 6.45) is 3.27. The molecular formula is C22H19N3O4. The van der Waals surface area contributed by atoms with E-state index in [4.69, 9.17) is 19.2 Å². The van der Waals surface area contributed by atoms with Crippen LogP contribution in [0.5, 0.6) is 17.2 Å². The molecule has 2 aromatic carbocycles. The summed E-state index contributed by atoms with van der Waals surface area (Å²) in [6.45, 7) is 0. The second-order valence-corrected chi connectivity index (χ2v) is 6.26. The molecule has 0 saturated carbocycles. The molecule has 0 saturated heterocycles. The minimum absolute atomic E-state index is 0.117. The van der Waals surface area contributed by atoms with Gasteiger partial charge < -0.3 is 19.2 Å². The highest BCUT2D eigenvalue weighted by Gasteiger charge is 2.19. The maximum Gasteiger partial charge on any atom is 0.203 e. The van der Waals surface area contributed by atoms with Crippen molar-refractivity contribution in [3.8, 4) is 28.5 Å². The van der Waals surface area contributed by atoms with Crippen LogP contribution in [0.15, 0.2) is 54.9 Å². The summed E-state index contributed by atoms with van der Waals surface area (Å²) in [5.74, 6) is 1.40. The Kier molecular flexibility index (Phi) is 4.87. The summed E-state index contributed by atoms with van der Waals surface area (Å²) in [4.78, 5) is 25.0. The lowest BCUT2D eigenvalue weighted by atomic mass is 10.1. The molecule has 0 atom stereocenters. The Bertz CT molecular complexity index is 1160. The molecule has 7 heteroatoms. The molecule has 29 heavy (non-hydrogen) atoms. The third-order valence-electron chi connectivity index (χ3n) is 4.62. The molecule has 0 aliphatic carbocycles. The number of aromatic amines is 1. The Balaban J connectivity index is 1.83. The van der Waals surface area contributed by atoms with Crippen LogP contribution in [0.3, 0.4) is 0 Å². The largest absolute Gasteiger partial charge is 0.493 e. The zero-order valence-corrected chi connectivity index (χ0v) is 16.2. The molecule has 4 aromatic rings. The fourth-order valence-electron chi connectivity index (χ4n) is 3.18. The molecule has 4 rings (SSSR count). The fraction of sp³-hybridized carbons (Fsp3) is 0.136. The van der Waals surface area contributed by atoms with Crippen LogP contribution in [-0.4, -0.2) is 42.1 Å². The number of hydrogen-bond donors (Lipinski definition) is 1. The van der Waals surface area contributed by atoms with E-state index in [-0.39, 0.29) is 5.78 Å². The number of H-pyrrole nitrogens is 1.